The molecule has 0 spiro atoms. The van der Waals surface area contributed by atoms with E-state index in [0.29, 0.717) is 11.3 Å². The van der Waals surface area contributed by atoms with Gasteiger partial charge in [0.2, 0.25) is 0 Å². The minimum atomic E-state index is -0.115. The first-order chi connectivity index (χ1) is 8.69. The lowest BCUT2D eigenvalue weighted by Gasteiger charge is -2.11. The highest BCUT2D eigenvalue weighted by atomic mass is 32.2. The number of hydrogen-bond acceptors (Lipinski definition) is 4. The summed E-state index contributed by atoms with van der Waals surface area (Å²) >= 11 is 1.78. The molecule has 0 radical (unpaired) electrons. The molecule has 0 bridgehead atoms. The Bertz CT molecular complexity index is 421. The average molecular weight is 265 g/mol. The van der Waals surface area contributed by atoms with Gasteiger partial charge in [0, 0.05) is 36.5 Å². The highest BCUT2D eigenvalue weighted by Crippen LogP contribution is 2.19. The number of amides is 1. The van der Waals surface area contributed by atoms with Crippen LogP contribution in [0.25, 0.3) is 0 Å². The van der Waals surface area contributed by atoms with Crippen molar-refractivity contribution in [2.75, 3.05) is 36.1 Å². The Kier molecular flexibility index (Phi) is 6.14. The first-order valence-electron chi connectivity index (χ1n) is 5.73. The Balaban J connectivity index is 2.64. The van der Waals surface area contributed by atoms with E-state index in [1.807, 2.05) is 6.08 Å². The van der Waals surface area contributed by atoms with Gasteiger partial charge in [-0.05, 0) is 18.2 Å². The number of carbonyl (C=O) groups is 1. The fourth-order valence-electron chi connectivity index (χ4n) is 1.47. The molecule has 18 heavy (non-hydrogen) atoms. The first-order valence-corrected chi connectivity index (χ1v) is 6.88. The first kappa shape index (κ1) is 14.4. The van der Waals surface area contributed by atoms with Gasteiger partial charge in [-0.15, -0.1) is 6.58 Å². The van der Waals surface area contributed by atoms with Gasteiger partial charge >= 0.3 is 0 Å². The highest BCUT2D eigenvalue weighted by molar-refractivity contribution is 7.99. The molecule has 4 nitrogen and oxygen atoms in total. The summed E-state index contributed by atoms with van der Waals surface area (Å²) in [5.74, 6) is 1.77. The predicted octanol–water partition coefficient (Wildman–Crippen LogP) is 1.96. The Morgan fingerprint density at radius 3 is 3.00 bits per heavy atom. The Morgan fingerprint density at radius 1 is 1.56 bits per heavy atom. The second-order valence-electron chi connectivity index (χ2n) is 3.67. The van der Waals surface area contributed by atoms with Crippen molar-refractivity contribution in [1.29, 1.82) is 0 Å². The number of nitrogen functional groups attached to an aromatic ring is 1. The lowest BCUT2D eigenvalue weighted by molar-refractivity contribution is 0.0964. The van der Waals surface area contributed by atoms with E-state index in [1.54, 1.807) is 37.0 Å². The largest absolute Gasteiger partial charge is 0.399 e. The van der Waals surface area contributed by atoms with Crippen molar-refractivity contribution in [3.05, 3.63) is 36.4 Å². The van der Waals surface area contributed by atoms with Crippen molar-refractivity contribution >= 4 is 29.0 Å². The normalized spacial score (nSPS) is 9.83. The minimum absolute atomic E-state index is 0.115. The van der Waals surface area contributed by atoms with Crippen LogP contribution in [0.1, 0.15) is 10.4 Å². The summed E-state index contributed by atoms with van der Waals surface area (Å²) in [7, 11) is 1.61. The standard InChI is InChI=1S/C13H19N3OS/c1-3-7-18-8-6-16-12-9-10(14)4-5-11(12)13(17)15-2/h3-5,9,16H,1,6-8,14H2,2H3,(H,15,17). The van der Waals surface area contributed by atoms with E-state index in [0.717, 1.165) is 23.7 Å². The van der Waals surface area contributed by atoms with Crippen LogP contribution in [0.4, 0.5) is 11.4 Å². The molecular weight excluding hydrogens is 246 g/mol. The summed E-state index contributed by atoms with van der Waals surface area (Å²) in [4.78, 5) is 11.7. The fraction of sp³-hybridized carbons (Fsp3) is 0.308. The summed E-state index contributed by atoms with van der Waals surface area (Å²) in [6, 6.07) is 5.23. The Labute approximate surface area is 112 Å². The number of hydrogen-bond donors (Lipinski definition) is 3. The van der Waals surface area contributed by atoms with Crippen LogP contribution in [-0.4, -0.2) is 31.0 Å². The summed E-state index contributed by atoms with van der Waals surface area (Å²) in [6.07, 6.45) is 1.88. The maximum Gasteiger partial charge on any atom is 0.253 e. The van der Waals surface area contributed by atoms with Crippen molar-refractivity contribution in [2.24, 2.45) is 0 Å². The van der Waals surface area contributed by atoms with Crippen LogP contribution in [0.15, 0.2) is 30.9 Å². The maximum absolute atomic E-state index is 11.7. The number of nitrogens with two attached hydrogens (primary N) is 1. The van der Waals surface area contributed by atoms with E-state index in [-0.39, 0.29) is 5.91 Å². The van der Waals surface area contributed by atoms with Gasteiger partial charge in [0.15, 0.2) is 0 Å². The van der Waals surface area contributed by atoms with Crippen molar-refractivity contribution in [3.63, 3.8) is 0 Å². The lowest BCUT2D eigenvalue weighted by Crippen LogP contribution is -2.20. The topological polar surface area (TPSA) is 67.1 Å². The van der Waals surface area contributed by atoms with Gasteiger partial charge in [-0.1, -0.05) is 6.08 Å². The summed E-state index contributed by atoms with van der Waals surface area (Å²) in [6.45, 7) is 4.45. The number of nitrogens with one attached hydrogen (secondary N) is 2. The van der Waals surface area contributed by atoms with Crippen LogP contribution in [0.5, 0.6) is 0 Å². The Hall–Kier alpha value is -1.62. The zero-order valence-corrected chi connectivity index (χ0v) is 11.3. The van der Waals surface area contributed by atoms with Crippen LogP contribution in [-0.2, 0) is 0 Å². The summed E-state index contributed by atoms with van der Waals surface area (Å²) < 4.78 is 0. The van der Waals surface area contributed by atoms with Gasteiger partial charge in [-0.2, -0.15) is 11.8 Å². The van der Waals surface area contributed by atoms with E-state index in [9.17, 15) is 4.79 Å². The van der Waals surface area contributed by atoms with Gasteiger partial charge in [-0.25, -0.2) is 0 Å². The van der Waals surface area contributed by atoms with Crippen molar-refractivity contribution in [3.8, 4) is 0 Å². The number of anilines is 2. The number of carbonyl (C=O) groups excluding carboxylic acids is 1. The van der Waals surface area contributed by atoms with E-state index in [4.69, 9.17) is 5.73 Å². The van der Waals surface area contributed by atoms with Crippen LogP contribution >= 0.6 is 11.8 Å². The smallest absolute Gasteiger partial charge is 0.253 e. The molecule has 1 aromatic rings. The molecule has 98 valence electrons. The SMILES string of the molecule is C=CCSCCNc1cc(N)ccc1C(=O)NC. The molecule has 0 aromatic heterocycles. The van der Waals surface area contributed by atoms with Gasteiger partial charge in [0.1, 0.15) is 0 Å². The fourth-order valence-corrected chi connectivity index (χ4v) is 2.05. The lowest BCUT2D eigenvalue weighted by atomic mass is 10.1. The second kappa shape index (κ2) is 7.66. The molecule has 0 aliphatic heterocycles. The van der Waals surface area contributed by atoms with E-state index < -0.39 is 0 Å². The molecule has 0 aliphatic carbocycles. The number of benzene rings is 1. The molecule has 1 amide bonds. The summed E-state index contributed by atoms with van der Waals surface area (Å²) in [5, 5.41) is 5.85. The molecule has 1 rings (SSSR count). The van der Waals surface area contributed by atoms with Crippen LogP contribution < -0.4 is 16.4 Å². The third-order valence-corrected chi connectivity index (χ3v) is 3.28. The third-order valence-electron chi connectivity index (χ3n) is 2.31. The van der Waals surface area contributed by atoms with Gasteiger partial charge in [0.25, 0.3) is 5.91 Å². The quantitative estimate of drug-likeness (QED) is 0.400. The molecule has 4 N–H and O–H groups in total. The molecule has 0 fully saturated rings. The molecule has 5 heteroatoms. The van der Waals surface area contributed by atoms with E-state index in [1.165, 1.54) is 0 Å². The monoisotopic (exact) mass is 265 g/mol. The van der Waals surface area contributed by atoms with Crippen molar-refractivity contribution in [2.45, 2.75) is 0 Å². The van der Waals surface area contributed by atoms with Gasteiger partial charge < -0.3 is 16.4 Å². The van der Waals surface area contributed by atoms with Crippen molar-refractivity contribution < 1.29 is 4.79 Å². The maximum atomic E-state index is 11.7. The van der Waals surface area contributed by atoms with Gasteiger partial charge in [-0.3, -0.25) is 4.79 Å². The van der Waals surface area contributed by atoms with E-state index >= 15 is 0 Å². The molecular formula is C13H19N3OS. The molecule has 0 heterocycles. The van der Waals surface area contributed by atoms with Gasteiger partial charge in [0.05, 0.1) is 5.56 Å². The van der Waals surface area contributed by atoms with Crippen molar-refractivity contribution in [1.82, 2.24) is 5.32 Å². The predicted molar refractivity (Wildman–Crippen MR) is 80.3 cm³/mol. The van der Waals surface area contributed by atoms with Crippen LogP contribution in [0.2, 0.25) is 0 Å². The van der Waals surface area contributed by atoms with Crippen LogP contribution in [0.3, 0.4) is 0 Å². The number of thioether (sulfide) groups is 1. The van der Waals surface area contributed by atoms with E-state index in [2.05, 4.69) is 17.2 Å². The summed E-state index contributed by atoms with van der Waals surface area (Å²) in [5.41, 5.74) is 7.76. The minimum Gasteiger partial charge on any atom is -0.399 e. The zero-order valence-electron chi connectivity index (χ0n) is 10.5. The molecule has 0 unspecified atom stereocenters. The second-order valence-corrected chi connectivity index (χ2v) is 4.82. The number of rotatable bonds is 7. The molecule has 0 atom stereocenters. The molecule has 0 aliphatic rings. The highest BCUT2D eigenvalue weighted by Gasteiger charge is 2.09. The molecule has 0 saturated heterocycles. The molecule has 0 saturated carbocycles. The average Bonchev–Trinajstić information content (AvgIpc) is 2.38. The third kappa shape index (κ3) is 4.33. The molecule has 1 aromatic carbocycles. The van der Waals surface area contributed by atoms with Crippen LogP contribution in [0, 0.1) is 0 Å². The Morgan fingerprint density at radius 2 is 2.33 bits per heavy atom. The zero-order chi connectivity index (χ0) is 13.4.